The van der Waals surface area contributed by atoms with E-state index in [4.69, 9.17) is 21.1 Å². The number of amides is 1. The Bertz CT molecular complexity index is 664. The average Bonchev–Trinajstić information content (AvgIpc) is 2.58. The van der Waals surface area contributed by atoms with Gasteiger partial charge in [-0.2, -0.15) is 0 Å². The van der Waals surface area contributed by atoms with Gasteiger partial charge in [0.05, 0.1) is 19.6 Å². The number of ether oxygens (including phenoxy) is 2. The molecule has 128 valence electrons. The first-order valence-corrected chi connectivity index (χ1v) is 7.93. The molecule has 2 aromatic carbocycles. The molecule has 6 heteroatoms. The van der Waals surface area contributed by atoms with E-state index in [2.05, 4.69) is 0 Å². The lowest BCUT2D eigenvalue weighted by atomic mass is 10.3. The molecule has 24 heavy (non-hydrogen) atoms. The molecule has 0 heterocycles. The molecule has 0 saturated heterocycles. The third-order valence-corrected chi connectivity index (χ3v) is 3.60. The Kier molecular flexibility index (Phi) is 6.88. The third kappa shape index (κ3) is 5.74. The zero-order chi connectivity index (χ0) is 17.4. The summed E-state index contributed by atoms with van der Waals surface area (Å²) >= 11 is 5.80. The maximum atomic E-state index is 13.4. The predicted molar refractivity (Wildman–Crippen MR) is 91.1 cm³/mol. The Morgan fingerprint density at radius 3 is 2.50 bits per heavy atom. The molecule has 0 fully saturated rings. The van der Waals surface area contributed by atoms with E-state index in [0.29, 0.717) is 23.9 Å². The van der Waals surface area contributed by atoms with Crippen molar-refractivity contribution in [2.75, 3.05) is 26.8 Å². The van der Waals surface area contributed by atoms with Crippen molar-refractivity contribution < 1.29 is 18.7 Å². The third-order valence-electron chi connectivity index (χ3n) is 3.34. The van der Waals surface area contributed by atoms with Crippen LogP contribution in [0.4, 0.5) is 4.39 Å². The second-order valence-corrected chi connectivity index (χ2v) is 5.58. The number of para-hydroxylation sites is 1. The van der Waals surface area contributed by atoms with Crippen LogP contribution in [0, 0.1) is 5.82 Å². The molecular weight excluding hydrogens is 333 g/mol. The number of benzene rings is 2. The summed E-state index contributed by atoms with van der Waals surface area (Å²) in [5.41, 5.74) is 0. The van der Waals surface area contributed by atoms with Crippen LogP contribution in [-0.4, -0.2) is 37.6 Å². The average molecular weight is 352 g/mol. The molecule has 0 aliphatic heterocycles. The van der Waals surface area contributed by atoms with Crippen LogP contribution in [-0.2, 0) is 4.79 Å². The molecular formula is C18H19ClFNO3. The Morgan fingerprint density at radius 2 is 1.79 bits per heavy atom. The highest BCUT2D eigenvalue weighted by atomic mass is 35.5. The molecule has 0 saturated carbocycles. The molecule has 2 rings (SSSR count). The van der Waals surface area contributed by atoms with E-state index in [-0.39, 0.29) is 24.7 Å². The summed E-state index contributed by atoms with van der Waals surface area (Å²) in [5.74, 6) is 0.322. The van der Waals surface area contributed by atoms with Crippen molar-refractivity contribution in [1.82, 2.24) is 4.90 Å². The van der Waals surface area contributed by atoms with Crippen LogP contribution in [0.3, 0.4) is 0 Å². The number of nitrogens with zero attached hydrogens (tertiary/aromatic N) is 1. The highest BCUT2D eigenvalue weighted by Crippen LogP contribution is 2.16. The largest absolute Gasteiger partial charge is 0.492 e. The van der Waals surface area contributed by atoms with Crippen molar-refractivity contribution in [3.8, 4) is 11.5 Å². The summed E-state index contributed by atoms with van der Waals surface area (Å²) in [5, 5.41) is 0.643. The van der Waals surface area contributed by atoms with Gasteiger partial charge in [-0.1, -0.05) is 23.7 Å². The normalized spacial score (nSPS) is 10.3. The van der Waals surface area contributed by atoms with Crippen molar-refractivity contribution in [3.63, 3.8) is 0 Å². The van der Waals surface area contributed by atoms with Crippen molar-refractivity contribution in [2.24, 2.45) is 0 Å². The molecule has 0 aromatic heterocycles. The lowest BCUT2D eigenvalue weighted by molar-refractivity contribution is -0.130. The van der Waals surface area contributed by atoms with Gasteiger partial charge in [0.2, 0.25) is 5.91 Å². The van der Waals surface area contributed by atoms with Gasteiger partial charge in [0.25, 0.3) is 0 Å². The Balaban J connectivity index is 1.66. The summed E-state index contributed by atoms with van der Waals surface area (Å²) in [6.07, 6.45) is 0.172. The van der Waals surface area contributed by atoms with Crippen molar-refractivity contribution in [3.05, 3.63) is 59.4 Å². The minimum atomic E-state index is -0.435. The standard InChI is InChI=1S/C18H19ClFNO3/c1-21(11-13-23-15-8-6-14(19)7-9-15)18(22)10-12-24-17-5-3-2-4-16(17)20/h2-9H,10-13H2,1H3. The molecule has 0 radical (unpaired) electrons. The summed E-state index contributed by atoms with van der Waals surface area (Å²) in [4.78, 5) is 13.5. The minimum absolute atomic E-state index is 0.0916. The number of rotatable bonds is 8. The first-order valence-electron chi connectivity index (χ1n) is 7.56. The van der Waals surface area contributed by atoms with Gasteiger partial charge >= 0.3 is 0 Å². The molecule has 1 amide bonds. The molecule has 0 bridgehead atoms. The fraction of sp³-hybridized carbons (Fsp3) is 0.278. The van der Waals surface area contributed by atoms with Crippen LogP contribution < -0.4 is 9.47 Å². The molecule has 0 atom stereocenters. The molecule has 0 aliphatic rings. The Hall–Kier alpha value is -2.27. The van der Waals surface area contributed by atoms with Crippen LogP contribution in [0.1, 0.15) is 6.42 Å². The van der Waals surface area contributed by atoms with Gasteiger partial charge in [0.15, 0.2) is 11.6 Å². The van der Waals surface area contributed by atoms with E-state index in [1.54, 1.807) is 48.3 Å². The smallest absolute Gasteiger partial charge is 0.225 e. The highest BCUT2D eigenvalue weighted by molar-refractivity contribution is 6.30. The molecule has 0 spiro atoms. The molecule has 0 aliphatic carbocycles. The number of hydrogen-bond acceptors (Lipinski definition) is 3. The molecule has 0 N–H and O–H groups in total. The minimum Gasteiger partial charge on any atom is -0.492 e. The van der Waals surface area contributed by atoms with E-state index in [0.717, 1.165) is 0 Å². The lowest BCUT2D eigenvalue weighted by Gasteiger charge is -2.17. The Labute approximate surface area is 145 Å². The van der Waals surface area contributed by atoms with Crippen LogP contribution in [0.2, 0.25) is 5.02 Å². The van der Waals surface area contributed by atoms with E-state index >= 15 is 0 Å². The van der Waals surface area contributed by atoms with Gasteiger partial charge in [-0.15, -0.1) is 0 Å². The van der Waals surface area contributed by atoms with E-state index < -0.39 is 5.82 Å². The van der Waals surface area contributed by atoms with Gasteiger partial charge in [-0.05, 0) is 36.4 Å². The Morgan fingerprint density at radius 1 is 1.08 bits per heavy atom. The second-order valence-electron chi connectivity index (χ2n) is 5.15. The van der Waals surface area contributed by atoms with E-state index in [1.807, 2.05) is 0 Å². The van der Waals surface area contributed by atoms with Crippen molar-refractivity contribution in [2.45, 2.75) is 6.42 Å². The molecule has 2 aromatic rings. The fourth-order valence-corrected chi connectivity index (χ4v) is 2.08. The van der Waals surface area contributed by atoms with Crippen LogP contribution in [0.25, 0.3) is 0 Å². The number of likely N-dealkylation sites (N-methyl/N-ethyl adjacent to an activating group) is 1. The van der Waals surface area contributed by atoms with Crippen molar-refractivity contribution >= 4 is 17.5 Å². The monoisotopic (exact) mass is 351 g/mol. The van der Waals surface area contributed by atoms with Gasteiger partial charge in [0, 0.05) is 12.1 Å². The van der Waals surface area contributed by atoms with Gasteiger partial charge in [-0.3, -0.25) is 4.79 Å². The topological polar surface area (TPSA) is 38.8 Å². The van der Waals surface area contributed by atoms with Crippen LogP contribution in [0.5, 0.6) is 11.5 Å². The maximum Gasteiger partial charge on any atom is 0.225 e. The first-order chi connectivity index (χ1) is 11.6. The SMILES string of the molecule is CN(CCOc1ccc(Cl)cc1)C(=O)CCOc1ccccc1F. The quantitative estimate of drug-likeness (QED) is 0.726. The zero-order valence-corrected chi connectivity index (χ0v) is 14.1. The highest BCUT2D eigenvalue weighted by Gasteiger charge is 2.10. The van der Waals surface area contributed by atoms with E-state index in [9.17, 15) is 9.18 Å². The molecule has 4 nitrogen and oxygen atoms in total. The number of carbonyl (C=O) groups is 1. The summed E-state index contributed by atoms with van der Waals surface area (Å²) in [6.45, 7) is 0.946. The molecule has 0 unspecified atom stereocenters. The summed E-state index contributed by atoms with van der Waals surface area (Å²) < 4.78 is 24.2. The fourth-order valence-electron chi connectivity index (χ4n) is 1.96. The number of carbonyl (C=O) groups excluding carboxylic acids is 1. The second kappa shape index (κ2) is 9.13. The van der Waals surface area contributed by atoms with Gasteiger partial charge in [-0.25, -0.2) is 4.39 Å². The summed E-state index contributed by atoms with van der Waals surface area (Å²) in [6, 6.07) is 13.1. The number of halogens is 2. The van der Waals surface area contributed by atoms with E-state index in [1.165, 1.54) is 12.1 Å². The van der Waals surface area contributed by atoms with Crippen LogP contribution in [0.15, 0.2) is 48.5 Å². The zero-order valence-electron chi connectivity index (χ0n) is 13.4. The van der Waals surface area contributed by atoms with Crippen molar-refractivity contribution in [1.29, 1.82) is 0 Å². The van der Waals surface area contributed by atoms with Crippen LogP contribution >= 0.6 is 11.6 Å². The van der Waals surface area contributed by atoms with Gasteiger partial charge < -0.3 is 14.4 Å². The predicted octanol–water partition coefficient (Wildman–Crippen LogP) is 3.79. The first kappa shape index (κ1) is 18.1. The summed E-state index contributed by atoms with van der Waals surface area (Å²) in [7, 11) is 1.69. The van der Waals surface area contributed by atoms with Gasteiger partial charge in [0.1, 0.15) is 12.4 Å². The maximum absolute atomic E-state index is 13.4. The number of hydrogen-bond donors (Lipinski definition) is 0. The lowest BCUT2D eigenvalue weighted by Crippen LogP contribution is -2.31.